The van der Waals surface area contributed by atoms with Crippen LogP contribution in [0.1, 0.15) is 136 Å². The molecule has 0 bridgehead atoms. The fraction of sp³-hybridized carbons (Fsp3) is 0.533. The third-order valence-electron chi connectivity index (χ3n) is 7.40. The largest absolute Gasteiger partial charge is 0.462 e. The van der Waals surface area contributed by atoms with Crippen molar-refractivity contribution in [1.82, 2.24) is 0 Å². The number of carbonyl (C=O) groups excluding carboxylic acids is 3. The maximum absolute atomic E-state index is 12.6. The molecule has 0 amide bonds. The molecule has 0 fully saturated rings. The number of rotatable bonds is 32. The summed E-state index contributed by atoms with van der Waals surface area (Å²) in [6.45, 7) is 6.11. The normalized spacial score (nSPS) is 13.2. The fourth-order valence-electron chi connectivity index (χ4n) is 4.51. The van der Waals surface area contributed by atoms with Gasteiger partial charge in [-0.2, -0.15) is 0 Å². The molecule has 0 aromatic rings. The second kappa shape index (κ2) is 38.9. The zero-order valence-corrected chi connectivity index (χ0v) is 32.1. The lowest BCUT2D eigenvalue weighted by atomic mass is 10.1. The van der Waals surface area contributed by atoms with Gasteiger partial charge in [0.1, 0.15) is 13.2 Å². The molecule has 6 nitrogen and oxygen atoms in total. The lowest BCUT2D eigenvalue weighted by molar-refractivity contribution is -0.166. The van der Waals surface area contributed by atoms with Crippen LogP contribution in [-0.2, 0) is 28.6 Å². The van der Waals surface area contributed by atoms with E-state index in [4.69, 9.17) is 14.2 Å². The molecule has 51 heavy (non-hydrogen) atoms. The smallest absolute Gasteiger partial charge is 0.309 e. The van der Waals surface area contributed by atoms with Gasteiger partial charge >= 0.3 is 17.9 Å². The molecule has 0 saturated heterocycles. The van der Waals surface area contributed by atoms with Crippen molar-refractivity contribution in [3.05, 3.63) is 109 Å². The Morgan fingerprint density at radius 2 is 0.961 bits per heavy atom. The maximum Gasteiger partial charge on any atom is 0.309 e. The number of hydrogen-bond acceptors (Lipinski definition) is 6. The highest BCUT2D eigenvalue weighted by molar-refractivity contribution is 5.72. The summed E-state index contributed by atoms with van der Waals surface area (Å²) in [6, 6.07) is 0. The van der Waals surface area contributed by atoms with E-state index >= 15 is 0 Å². The van der Waals surface area contributed by atoms with Gasteiger partial charge in [0, 0.05) is 12.8 Å². The minimum absolute atomic E-state index is 0.116. The van der Waals surface area contributed by atoms with Crippen LogP contribution < -0.4 is 0 Å². The highest BCUT2D eigenvalue weighted by atomic mass is 16.6. The number of unbranched alkanes of at least 4 members (excludes halogenated alkanes) is 8. The van der Waals surface area contributed by atoms with Crippen molar-refractivity contribution in [3.63, 3.8) is 0 Å². The van der Waals surface area contributed by atoms with Crippen LogP contribution in [-0.4, -0.2) is 37.2 Å². The minimum atomic E-state index is -0.844. The Morgan fingerprint density at radius 3 is 1.63 bits per heavy atom. The van der Waals surface area contributed by atoms with Crippen LogP contribution in [0.25, 0.3) is 0 Å². The van der Waals surface area contributed by atoms with E-state index in [1.54, 1.807) is 6.08 Å². The van der Waals surface area contributed by atoms with Crippen molar-refractivity contribution >= 4 is 17.9 Å². The first-order valence-corrected chi connectivity index (χ1v) is 19.5. The van der Waals surface area contributed by atoms with Gasteiger partial charge in [-0.05, 0) is 64.2 Å². The topological polar surface area (TPSA) is 78.9 Å². The SMILES string of the molecule is CC\C=C/C=C\C=C/C=C\C=C/CCCC(=O)OCC(COC(=O)C/C=C\C/C=C\C/C=C\CC)OC(=O)CCCCCCC/C=C\CCCC. The van der Waals surface area contributed by atoms with E-state index in [0.717, 1.165) is 77.0 Å². The van der Waals surface area contributed by atoms with Crippen LogP contribution in [0.3, 0.4) is 0 Å². The molecule has 0 saturated carbocycles. The lowest BCUT2D eigenvalue weighted by Gasteiger charge is -2.18. The first kappa shape index (κ1) is 47.1. The summed E-state index contributed by atoms with van der Waals surface area (Å²) in [4.78, 5) is 37.4. The van der Waals surface area contributed by atoms with Crippen LogP contribution in [0.2, 0.25) is 0 Å². The summed E-state index contributed by atoms with van der Waals surface area (Å²) in [5.41, 5.74) is 0. The van der Waals surface area contributed by atoms with Crippen LogP contribution >= 0.6 is 0 Å². The molecule has 0 spiro atoms. The number of hydrogen-bond donors (Lipinski definition) is 0. The third-order valence-corrected chi connectivity index (χ3v) is 7.40. The second-order valence-electron chi connectivity index (χ2n) is 12.2. The fourth-order valence-corrected chi connectivity index (χ4v) is 4.51. The van der Waals surface area contributed by atoms with E-state index in [9.17, 15) is 14.4 Å². The number of esters is 3. The van der Waals surface area contributed by atoms with Crippen LogP contribution in [0.4, 0.5) is 0 Å². The highest BCUT2D eigenvalue weighted by Crippen LogP contribution is 2.10. The molecule has 0 heterocycles. The zero-order valence-electron chi connectivity index (χ0n) is 32.1. The Hall–Kier alpha value is -3.93. The Bertz CT molecular complexity index is 1130. The molecule has 1 unspecified atom stereocenters. The number of allylic oxidation sites excluding steroid dienone is 17. The lowest BCUT2D eigenvalue weighted by Crippen LogP contribution is -2.30. The molecular weight excluding hydrogens is 636 g/mol. The molecule has 1 atom stereocenters. The van der Waals surface area contributed by atoms with Gasteiger partial charge in [0.15, 0.2) is 6.10 Å². The molecule has 0 aromatic carbocycles. The molecule has 0 radical (unpaired) electrons. The Labute approximate surface area is 310 Å². The molecule has 0 N–H and O–H groups in total. The minimum Gasteiger partial charge on any atom is -0.462 e. The molecular formula is C45H68O6. The zero-order chi connectivity index (χ0) is 37.3. The summed E-state index contributed by atoms with van der Waals surface area (Å²) in [6.07, 6.45) is 51.1. The summed E-state index contributed by atoms with van der Waals surface area (Å²) in [5.74, 6) is -1.17. The van der Waals surface area contributed by atoms with Gasteiger partial charge in [-0.25, -0.2) is 0 Å². The summed E-state index contributed by atoms with van der Waals surface area (Å²) < 4.78 is 16.4. The van der Waals surface area contributed by atoms with E-state index in [1.165, 1.54) is 12.8 Å². The van der Waals surface area contributed by atoms with Crippen molar-refractivity contribution in [3.8, 4) is 0 Å². The van der Waals surface area contributed by atoms with Crippen molar-refractivity contribution in [1.29, 1.82) is 0 Å². The van der Waals surface area contributed by atoms with Crippen molar-refractivity contribution in [2.24, 2.45) is 0 Å². The molecule has 6 heteroatoms. The standard InChI is InChI=1S/C45H68O6/c1-4-7-10-13-16-19-21-22-24-26-29-32-35-38-44(47)50-41-42(40-49-43(46)37-34-31-28-25-18-15-12-9-6-3)51-45(48)39-36-33-30-27-23-20-17-14-11-8-5-2/h7,9-10,12-14,16-19,21-22,24-26,29,31,34,42H,4-6,8,11,15,20,23,27-28,30,32-33,35-41H2,1-3H3/b10-7-,12-9-,16-13-,17-14-,21-19-,24-22-,25-18-,29-26-,34-31-. The van der Waals surface area contributed by atoms with Gasteiger partial charge in [0.25, 0.3) is 0 Å². The molecule has 0 aromatic heterocycles. The van der Waals surface area contributed by atoms with Crippen LogP contribution in [0.5, 0.6) is 0 Å². The van der Waals surface area contributed by atoms with Crippen molar-refractivity contribution < 1.29 is 28.6 Å². The Kier molecular flexibility index (Phi) is 35.9. The van der Waals surface area contributed by atoms with Gasteiger partial charge in [0.2, 0.25) is 0 Å². The molecule has 284 valence electrons. The molecule has 0 aliphatic heterocycles. The molecule has 0 aliphatic carbocycles. The van der Waals surface area contributed by atoms with E-state index in [1.807, 2.05) is 60.8 Å². The highest BCUT2D eigenvalue weighted by Gasteiger charge is 2.19. The van der Waals surface area contributed by atoms with E-state index in [2.05, 4.69) is 63.3 Å². The summed E-state index contributed by atoms with van der Waals surface area (Å²) in [5, 5.41) is 0. The average molecular weight is 705 g/mol. The number of carbonyl (C=O) groups is 3. The van der Waals surface area contributed by atoms with Gasteiger partial charge in [-0.1, -0.05) is 162 Å². The first-order chi connectivity index (χ1) is 25.0. The van der Waals surface area contributed by atoms with Gasteiger partial charge in [-0.15, -0.1) is 0 Å². The Morgan fingerprint density at radius 1 is 0.451 bits per heavy atom. The van der Waals surface area contributed by atoms with E-state index in [0.29, 0.717) is 6.42 Å². The first-order valence-electron chi connectivity index (χ1n) is 19.5. The van der Waals surface area contributed by atoms with Crippen molar-refractivity contribution in [2.45, 2.75) is 142 Å². The van der Waals surface area contributed by atoms with E-state index in [-0.39, 0.29) is 44.4 Å². The van der Waals surface area contributed by atoms with Crippen LogP contribution in [0, 0.1) is 0 Å². The third kappa shape index (κ3) is 37.2. The maximum atomic E-state index is 12.6. The predicted octanol–water partition coefficient (Wildman–Crippen LogP) is 12.1. The molecule has 0 rings (SSSR count). The Balaban J connectivity index is 4.64. The quantitative estimate of drug-likeness (QED) is 0.0228. The van der Waals surface area contributed by atoms with Crippen molar-refractivity contribution in [2.75, 3.05) is 13.2 Å². The monoisotopic (exact) mass is 705 g/mol. The van der Waals surface area contributed by atoms with Gasteiger partial charge in [-0.3, -0.25) is 14.4 Å². The second-order valence-corrected chi connectivity index (χ2v) is 12.2. The summed E-state index contributed by atoms with van der Waals surface area (Å²) in [7, 11) is 0. The van der Waals surface area contributed by atoms with Gasteiger partial charge < -0.3 is 14.2 Å². The average Bonchev–Trinajstić information content (AvgIpc) is 3.12. The predicted molar refractivity (Wildman–Crippen MR) is 214 cm³/mol. The van der Waals surface area contributed by atoms with Gasteiger partial charge in [0.05, 0.1) is 6.42 Å². The summed E-state index contributed by atoms with van der Waals surface area (Å²) >= 11 is 0. The molecule has 0 aliphatic rings. The van der Waals surface area contributed by atoms with E-state index < -0.39 is 12.1 Å². The number of ether oxygens (including phenoxy) is 3. The van der Waals surface area contributed by atoms with Crippen LogP contribution in [0.15, 0.2) is 109 Å².